The first-order chi connectivity index (χ1) is 6.42. The highest BCUT2D eigenvalue weighted by molar-refractivity contribution is 5.88. The van der Waals surface area contributed by atoms with Gasteiger partial charge in [0, 0.05) is 23.6 Å². The van der Waals surface area contributed by atoms with Gasteiger partial charge in [-0.3, -0.25) is 0 Å². The van der Waals surface area contributed by atoms with E-state index >= 15 is 0 Å². The molecule has 0 aliphatic carbocycles. The van der Waals surface area contributed by atoms with Gasteiger partial charge in [0.25, 0.3) is 0 Å². The lowest BCUT2D eigenvalue weighted by Gasteiger charge is -1.95. The summed E-state index contributed by atoms with van der Waals surface area (Å²) in [6, 6.07) is 8.26. The van der Waals surface area contributed by atoms with Gasteiger partial charge in [-0.25, -0.2) is 0 Å². The summed E-state index contributed by atoms with van der Waals surface area (Å²) in [5.41, 5.74) is 7.78. The summed E-state index contributed by atoms with van der Waals surface area (Å²) in [6.07, 6.45) is 5.96. The first-order valence-electron chi connectivity index (χ1n) is 4.34. The maximum Gasteiger partial charge on any atom is 0.0459 e. The molecule has 2 rings (SSSR count). The van der Waals surface area contributed by atoms with Crippen molar-refractivity contribution in [1.82, 2.24) is 4.98 Å². The molecule has 0 saturated carbocycles. The minimum atomic E-state index is 0.584. The lowest BCUT2D eigenvalue weighted by Crippen LogP contribution is -1.91. The number of nitrogens with one attached hydrogen (secondary N) is 1. The second-order valence-electron chi connectivity index (χ2n) is 2.92. The molecule has 0 unspecified atom stereocenters. The molecule has 0 fully saturated rings. The van der Waals surface area contributed by atoms with Gasteiger partial charge < -0.3 is 10.7 Å². The van der Waals surface area contributed by atoms with Crippen LogP contribution in [-0.2, 0) is 0 Å². The van der Waals surface area contributed by atoms with E-state index in [0.717, 1.165) is 0 Å². The fraction of sp³-hybridized carbons (Fsp3) is 0.0909. The number of aromatic amines is 1. The number of H-pyrrole nitrogens is 1. The lowest BCUT2D eigenvalue weighted by atomic mass is 10.1. The first-order valence-corrected chi connectivity index (χ1v) is 4.34. The fourth-order valence-corrected chi connectivity index (χ4v) is 1.45. The fourth-order valence-electron chi connectivity index (χ4n) is 1.45. The van der Waals surface area contributed by atoms with Gasteiger partial charge in [-0.1, -0.05) is 24.3 Å². The highest BCUT2D eigenvalue weighted by Gasteiger charge is 1.96. The standard InChI is InChI=1S/C11H12N2/c12-7-2-4-9-3-1-5-11-10(9)6-8-13-11/h1-6,8,13H,7,12H2. The Balaban J connectivity index is 2.54. The molecule has 66 valence electrons. The van der Waals surface area contributed by atoms with Gasteiger partial charge in [-0.15, -0.1) is 0 Å². The third-order valence-corrected chi connectivity index (χ3v) is 2.06. The van der Waals surface area contributed by atoms with Gasteiger partial charge in [-0.2, -0.15) is 0 Å². The number of hydrogen-bond donors (Lipinski definition) is 2. The van der Waals surface area contributed by atoms with E-state index in [1.54, 1.807) is 0 Å². The molecule has 0 amide bonds. The SMILES string of the molecule is NCC=Cc1cccc2[nH]ccc12. The van der Waals surface area contributed by atoms with Crippen LogP contribution in [0.2, 0.25) is 0 Å². The zero-order valence-corrected chi connectivity index (χ0v) is 7.33. The molecule has 0 aliphatic rings. The van der Waals surface area contributed by atoms with Crippen LogP contribution in [0.1, 0.15) is 5.56 Å². The maximum atomic E-state index is 5.40. The van der Waals surface area contributed by atoms with E-state index in [1.165, 1.54) is 16.5 Å². The minimum absolute atomic E-state index is 0.584. The van der Waals surface area contributed by atoms with E-state index in [2.05, 4.69) is 29.3 Å². The van der Waals surface area contributed by atoms with Crippen molar-refractivity contribution in [3.05, 3.63) is 42.1 Å². The van der Waals surface area contributed by atoms with E-state index in [0.29, 0.717) is 6.54 Å². The minimum Gasteiger partial charge on any atom is -0.361 e. The van der Waals surface area contributed by atoms with Crippen LogP contribution in [0, 0.1) is 0 Å². The van der Waals surface area contributed by atoms with E-state index in [4.69, 9.17) is 5.73 Å². The Bertz CT molecular complexity index is 426. The van der Waals surface area contributed by atoms with Crippen molar-refractivity contribution in [2.45, 2.75) is 0 Å². The van der Waals surface area contributed by atoms with E-state index < -0.39 is 0 Å². The summed E-state index contributed by atoms with van der Waals surface area (Å²) in [5.74, 6) is 0. The molecule has 0 spiro atoms. The molecule has 2 heteroatoms. The average molecular weight is 172 g/mol. The third kappa shape index (κ3) is 1.48. The Morgan fingerprint density at radius 1 is 1.31 bits per heavy atom. The first kappa shape index (κ1) is 8.08. The monoisotopic (exact) mass is 172 g/mol. The number of benzene rings is 1. The van der Waals surface area contributed by atoms with Crippen molar-refractivity contribution in [3.8, 4) is 0 Å². The molecular weight excluding hydrogens is 160 g/mol. The summed E-state index contributed by atoms with van der Waals surface area (Å²) < 4.78 is 0. The van der Waals surface area contributed by atoms with Gasteiger partial charge in [0.15, 0.2) is 0 Å². The highest BCUT2D eigenvalue weighted by Crippen LogP contribution is 2.18. The van der Waals surface area contributed by atoms with Gasteiger partial charge >= 0.3 is 0 Å². The van der Waals surface area contributed by atoms with Crippen LogP contribution in [0.15, 0.2) is 36.5 Å². The molecule has 13 heavy (non-hydrogen) atoms. The lowest BCUT2D eigenvalue weighted by molar-refractivity contribution is 1.26. The molecule has 0 aliphatic heterocycles. The van der Waals surface area contributed by atoms with Crippen LogP contribution in [-0.4, -0.2) is 11.5 Å². The van der Waals surface area contributed by atoms with Gasteiger partial charge in [0.1, 0.15) is 0 Å². The van der Waals surface area contributed by atoms with Gasteiger partial charge in [0.2, 0.25) is 0 Å². The van der Waals surface area contributed by atoms with Crippen molar-refractivity contribution in [3.63, 3.8) is 0 Å². The zero-order chi connectivity index (χ0) is 9.10. The number of fused-ring (bicyclic) bond motifs is 1. The zero-order valence-electron chi connectivity index (χ0n) is 7.33. The van der Waals surface area contributed by atoms with Crippen molar-refractivity contribution in [2.75, 3.05) is 6.54 Å². The van der Waals surface area contributed by atoms with Crippen LogP contribution in [0.4, 0.5) is 0 Å². The Hall–Kier alpha value is -1.54. The van der Waals surface area contributed by atoms with Crippen LogP contribution >= 0.6 is 0 Å². The Labute approximate surface area is 77.1 Å². The Morgan fingerprint density at radius 2 is 2.23 bits per heavy atom. The number of nitrogens with two attached hydrogens (primary N) is 1. The second kappa shape index (κ2) is 3.46. The molecule has 3 N–H and O–H groups in total. The molecule has 1 aromatic carbocycles. The van der Waals surface area contributed by atoms with Crippen LogP contribution in [0.25, 0.3) is 17.0 Å². The molecule has 1 aromatic heterocycles. The molecule has 0 saturated heterocycles. The summed E-state index contributed by atoms with van der Waals surface area (Å²) in [7, 11) is 0. The second-order valence-corrected chi connectivity index (χ2v) is 2.92. The van der Waals surface area contributed by atoms with Crippen LogP contribution in [0.5, 0.6) is 0 Å². The quantitative estimate of drug-likeness (QED) is 0.716. The summed E-state index contributed by atoms with van der Waals surface area (Å²) in [6.45, 7) is 0.584. The molecule has 2 aromatic rings. The van der Waals surface area contributed by atoms with Crippen molar-refractivity contribution in [2.24, 2.45) is 5.73 Å². The summed E-state index contributed by atoms with van der Waals surface area (Å²) >= 11 is 0. The van der Waals surface area contributed by atoms with Gasteiger partial charge in [0.05, 0.1) is 0 Å². The molecule has 0 atom stereocenters. The third-order valence-electron chi connectivity index (χ3n) is 2.06. The van der Waals surface area contributed by atoms with E-state index in [9.17, 15) is 0 Å². The maximum absolute atomic E-state index is 5.40. The van der Waals surface area contributed by atoms with Crippen LogP contribution in [0.3, 0.4) is 0 Å². The van der Waals surface area contributed by atoms with Crippen molar-refractivity contribution >= 4 is 17.0 Å². The topological polar surface area (TPSA) is 41.8 Å². The predicted molar refractivity (Wildman–Crippen MR) is 56.4 cm³/mol. The molecule has 1 heterocycles. The number of rotatable bonds is 2. The van der Waals surface area contributed by atoms with Crippen molar-refractivity contribution in [1.29, 1.82) is 0 Å². The molecule has 0 bridgehead atoms. The molecule has 0 radical (unpaired) electrons. The predicted octanol–water partition coefficient (Wildman–Crippen LogP) is 2.14. The normalized spacial score (nSPS) is 11.5. The summed E-state index contributed by atoms with van der Waals surface area (Å²) in [5, 5.41) is 1.24. The van der Waals surface area contributed by atoms with Gasteiger partial charge in [-0.05, 0) is 17.7 Å². The van der Waals surface area contributed by atoms with E-state index in [-0.39, 0.29) is 0 Å². The number of aromatic nitrogens is 1. The largest absolute Gasteiger partial charge is 0.361 e. The highest BCUT2D eigenvalue weighted by atomic mass is 14.7. The Kier molecular flexibility index (Phi) is 2.15. The summed E-state index contributed by atoms with van der Waals surface area (Å²) in [4.78, 5) is 3.17. The smallest absolute Gasteiger partial charge is 0.0459 e. The van der Waals surface area contributed by atoms with E-state index in [1.807, 2.05) is 18.3 Å². The van der Waals surface area contributed by atoms with Crippen molar-refractivity contribution < 1.29 is 0 Å². The number of hydrogen-bond acceptors (Lipinski definition) is 1. The van der Waals surface area contributed by atoms with Crippen LogP contribution < -0.4 is 5.73 Å². The molecule has 2 nitrogen and oxygen atoms in total. The molecular formula is C11H12N2. The Morgan fingerprint density at radius 3 is 3.08 bits per heavy atom. The average Bonchev–Trinajstić information content (AvgIpc) is 2.62.